The Morgan fingerprint density at radius 1 is 1.11 bits per heavy atom. The number of benzene rings is 2. The normalized spacial score (nSPS) is 11.1. The molecule has 0 heterocycles. The van der Waals surface area contributed by atoms with Gasteiger partial charge in [-0.25, -0.2) is 4.99 Å². The summed E-state index contributed by atoms with van der Waals surface area (Å²) in [6, 6.07) is 12.7. The number of nitrogens with one attached hydrogen (secondary N) is 1. The molecule has 0 saturated heterocycles. The third kappa shape index (κ3) is 6.16. The molecule has 0 fully saturated rings. The first kappa shape index (κ1) is 21.6. The number of carbonyl (C=O) groups is 1. The SMILES string of the molecule is CCCOC(=NCCc1ccc(OC)c(OC)c1)NC(=O)c1ccccc1Cl. The number of methoxy groups -OCH3 is 2. The van der Waals surface area contributed by atoms with Gasteiger partial charge >= 0.3 is 0 Å². The molecule has 1 N–H and O–H groups in total. The van der Waals surface area contributed by atoms with Crippen LogP contribution >= 0.6 is 11.6 Å². The van der Waals surface area contributed by atoms with E-state index in [9.17, 15) is 4.79 Å². The zero-order valence-corrected chi connectivity index (χ0v) is 17.1. The van der Waals surface area contributed by atoms with Gasteiger partial charge in [0.25, 0.3) is 11.9 Å². The molecule has 1 amide bonds. The van der Waals surface area contributed by atoms with E-state index in [0.29, 0.717) is 41.7 Å². The number of hydrogen-bond donors (Lipinski definition) is 1. The van der Waals surface area contributed by atoms with Crippen molar-refractivity contribution in [3.63, 3.8) is 0 Å². The molecule has 0 radical (unpaired) electrons. The molecule has 0 aliphatic heterocycles. The van der Waals surface area contributed by atoms with Crippen molar-refractivity contribution in [2.24, 2.45) is 4.99 Å². The van der Waals surface area contributed by atoms with Crippen molar-refractivity contribution in [2.45, 2.75) is 19.8 Å². The molecule has 0 aliphatic rings. The van der Waals surface area contributed by atoms with Crippen molar-refractivity contribution >= 4 is 23.5 Å². The quantitative estimate of drug-likeness (QED) is 0.531. The minimum atomic E-state index is -0.355. The van der Waals surface area contributed by atoms with Crippen molar-refractivity contribution in [1.29, 1.82) is 0 Å². The maximum atomic E-state index is 12.4. The lowest BCUT2D eigenvalue weighted by Gasteiger charge is -2.11. The van der Waals surface area contributed by atoms with E-state index in [1.807, 2.05) is 25.1 Å². The largest absolute Gasteiger partial charge is 0.493 e. The van der Waals surface area contributed by atoms with Crippen molar-refractivity contribution in [1.82, 2.24) is 5.32 Å². The van der Waals surface area contributed by atoms with Crippen LogP contribution in [0.4, 0.5) is 0 Å². The number of amides is 1. The first-order valence-corrected chi connectivity index (χ1v) is 9.40. The zero-order chi connectivity index (χ0) is 20.4. The number of nitrogens with zero attached hydrogens (tertiary/aromatic N) is 1. The monoisotopic (exact) mass is 404 g/mol. The lowest BCUT2D eigenvalue weighted by molar-refractivity contribution is 0.0965. The van der Waals surface area contributed by atoms with Gasteiger partial charge in [0.05, 0.1) is 31.4 Å². The van der Waals surface area contributed by atoms with Crippen LogP contribution in [0.1, 0.15) is 29.3 Å². The molecule has 150 valence electrons. The molecule has 0 saturated carbocycles. The molecule has 28 heavy (non-hydrogen) atoms. The Bertz CT molecular complexity index is 824. The molecule has 2 aromatic rings. The van der Waals surface area contributed by atoms with E-state index in [1.54, 1.807) is 38.5 Å². The third-order valence-corrected chi connectivity index (χ3v) is 4.22. The fourth-order valence-electron chi connectivity index (χ4n) is 2.45. The van der Waals surface area contributed by atoms with Crippen LogP contribution < -0.4 is 14.8 Å². The number of hydrogen-bond acceptors (Lipinski definition) is 5. The lowest BCUT2D eigenvalue weighted by atomic mass is 10.1. The predicted octanol–water partition coefficient (Wildman–Crippen LogP) is 4.11. The molecule has 0 atom stereocenters. The number of amidine groups is 1. The highest BCUT2D eigenvalue weighted by molar-refractivity contribution is 6.34. The second-order valence-corrected chi connectivity index (χ2v) is 6.32. The van der Waals surface area contributed by atoms with Gasteiger partial charge in [0.2, 0.25) is 0 Å². The summed E-state index contributed by atoms with van der Waals surface area (Å²) in [4.78, 5) is 16.8. The smallest absolute Gasteiger partial charge is 0.291 e. The zero-order valence-electron chi connectivity index (χ0n) is 16.3. The molecule has 0 bridgehead atoms. The summed E-state index contributed by atoms with van der Waals surface area (Å²) in [5.41, 5.74) is 1.41. The summed E-state index contributed by atoms with van der Waals surface area (Å²) < 4.78 is 16.1. The van der Waals surface area contributed by atoms with Gasteiger partial charge in [0.15, 0.2) is 11.5 Å². The molecule has 7 heteroatoms. The second kappa shape index (κ2) is 11.2. The molecular formula is C21H25ClN2O4. The summed E-state index contributed by atoms with van der Waals surface area (Å²) in [7, 11) is 3.20. The van der Waals surface area contributed by atoms with E-state index in [2.05, 4.69) is 10.3 Å². The fourth-order valence-corrected chi connectivity index (χ4v) is 2.67. The molecular weight excluding hydrogens is 380 g/mol. The summed E-state index contributed by atoms with van der Waals surface area (Å²) in [5, 5.41) is 3.07. The van der Waals surface area contributed by atoms with E-state index in [-0.39, 0.29) is 11.9 Å². The highest BCUT2D eigenvalue weighted by Crippen LogP contribution is 2.27. The molecule has 2 rings (SSSR count). The van der Waals surface area contributed by atoms with Crippen LogP contribution in [0.3, 0.4) is 0 Å². The van der Waals surface area contributed by atoms with Crippen molar-refractivity contribution in [3.8, 4) is 11.5 Å². The highest BCUT2D eigenvalue weighted by Gasteiger charge is 2.13. The van der Waals surface area contributed by atoms with E-state index >= 15 is 0 Å². The third-order valence-electron chi connectivity index (χ3n) is 3.89. The average molecular weight is 405 g/mol. The van der Waals surface area contributed by atoms with Gasteiger partial charge in [0.1, 0.15) is 0 Å². The first-order chi connectivity index (χ1) is 13.6. The first-order valence-electron chi connectivity index (χ1n) is 9.03. The van der Waals surface area contributed by atoms with Gasteiger partial charge in [-0.05, 0) is 42.7 Å². The summed E-state index contributed by atoms with van der Waals surface area (Å²) in [6.45, 7) is 2.88. The predicted molar refractivity (Wildman–Crippen MR) is 111 cm³/mol. The van der Waals surface area contributed by atoms with Crippen LogP contribution in [-0.4, -0.2) is 39.3 Å². The molecule has 2 aromatic carbocycles. The van der Waals surface area contributed by atoms with Gasteiger partial charge < -0.3 is 14.2 Å². The standard InChI is InChI=1S/C21H25ClN2O4/c1-4-13-28-21(24-20(25)16-7-5-6-8-17(16)22)23-12-11-15-9-10-18(26-2)19(14-15)27-3/h5-10,14H,4,11-13H2,1-3H3,(H,23,24,25). The van der Waals surface area contributed by atoms with Gasteiger partial charge in [-0.3, -0.25) is 10.1 Å². The minimum absolute atomic E-state index is 0.187. The second-order valence-electron chi connectivity index (χ2n) is 5.91. The molecule has 0 unspecified atom stereocenters. The van der Waals surface area contributed by atoms with Crippen LogP contribution in [0.15, 0.2) is 47.5 Å². The fraction of sp³-hybridized carbons (Fsp3) is 0.333. The van der Waals surface area contributed by atoms with Gasteiger partial charge in [0, 0.05) is 6.54 Å². The number of ether oxygens (including phenoxy) is 3. The van der Waals surface area contributed by atoms with E-state index in [4.69, 9.17) is 25.8 Å². The number of aliphatic imine (C=N–C) groups is 1. The van der Waals surface area contributed by atoms with Crippen molar-refractivity contribution in [3.05, 3.63) is 58.6 Å². The van der Waals surface area contributed by atoms with Crippen molar-refractivity contribution in [2.75, 3.05) is 27.4 Å². The summed E-state index contributed by atoms with van der Waals surface area (Å²) >= 11 is 6.08. The topological polar surface area (TPSA) is 69.2 Å². The Morgan fingerprint density at radius 3 is 2.54 bits per heavy atom. The Balaban J connectivity index is 2.05. The maximum Gasteiger partial charge on any atom is 0.291 e. The van der Waals surface area contributed by atoms with E-state index in [1.165, 1.54) is 0 Å². The molecule has 6 nitrogen and oxygen atoms in total. The molecule has 0 aromatic heterocycles. The highest BCUT2D eigenvalue weighted by atomic mass is 35.5. The van der Waals surface area contributed by atoms with Crippen LogP contribution in [-0.2, 0) is 11.2 Å². The van der Waals surface area contributed by atoms with Crippen LogP contribution in [0, 0.1) is 0 Å². The average Bonchev–Trinajstić information content (AvgIpc) is 2.71. The molecule has 0 spiro atoms. The van der Waals surface area contributed by atoms with E-state index in [0.717, 1.165) is 12.0 Å². The van der Waals surface area contributed by atoms with Gasteiger partial charge in [-0.2, -0.15) is 0 Å². The Labute approximate surface area is 170 Å². The number of rotatable bonds is 8. The van der Waals surface area contributed by atoms with Crippen LogP contribution in [0.5, 0.6) is 11.5 Å². The lowest BCUT2D eigenvalue weighted by Crippen LogP contribution is -2.33. The van der Waals surface area contributed by atoms with Gasteiger partial charge in [-0.15, -0.1) is 0 Å². The van der Waals surface area contributed by atoms with Crippen molar-refractivity contribution < 1.29 is 19.0 Å². The van der Waals surface area contributed by atoms with Crippen LogP contribution in [0.25, 0.3) is 0 Å². The van der Waals surface area contributed by atoms with E-state index < -0.39 is 0 Å². The Hall–Kier alpha value is -2.73. The number of carbonyl (C=O) groups excluding carboxylic acids is 1. The van der Waals surface area contributed by atoms with Gasteiger partial charge in [-0.1, -0.05) is 36.7 Å². The summed E-state index contributed by atoms with van der Waals surface area (Å²) in [5.74, 6) is 0.985. The van der Waals surface area contributed by atoms with Crippen LogP contribution in [0.2, 0.25) is 5.02 Å². The number of halogens is 1. The molecule has 0 aliphatic carbocycles. The maximum absolute atomic E-state index is 12.4. The minimum Gasteiger partial charge on any atom is -0.493 e. The summed E-state index contributed by atoms with van der Waals surface area (Å²) in [6.07, 6.45) is 1.46. The Kier molecular flexibility index (Phi) is 8.62. The Morgan fingerprint density at radius 2 is 1.86 bits per heavy atom.